The van der Waals surface area contributed by atoms with Gasteiger partial charge in [0.15, 0.2) is 0 Å². The summed E-state index contributed by atoms with van der Waals surface area (Å²) in [5.41, 5.74) is 1.60. The van der Waals surface area contributed by atoms with Crippen molar-refractivity contribution in [3.63, 3.8) is 0 Å². The van der Waals surface area contributed by atoms with E-state index in [4.69, 9.17) is 4.74 Å². The largest absolute Gasteiger partial charge is 0.496 e. The smallest absolute Gasteiger partial charge is 0.328 e. The van der Waals surface area contributed by atoms with Crippen LogP contribution < -0.4 is 15.1 Å². The Kier molecular flexibility index (Phi) is 4.54. The number of ether oxygens (including phenoxy) is 1. The van der Waals surface area contributed by atoms with Gasteiger partial charge in [-0.3, -0.25) is 13.9 Å². The zero-order valence-corrected chi connectivity index (χ0v) is 16.8. The Hall–Kier alpha value is -2.01. The molecule has 1 heterocycles. The standard InChI is InChI=1S/C16H16IN3O4S/c1-19-13-6-4-10(8-14(13)20(2)16(19)21)18-25(22,23)11-5-7-15(24-3)12(17)9-11/h4-9,18H,1-3H3. The van der Waals surface area contributed by atoms with Gasteiger partial charge in [-0.1, -0.05) is 0 Å². The van der Waals surface area contributed by atoms with E-state index in [2.05, 4.69) is 4.72 Å². The summed E-state index contributed by atoms with van der Waals surface area (Å²) in [6.07, 6.45) is 0. The molecule has 0 aliphatic rings. The number of aryl methyl sites for hydroxylation is 2. The Balaban J connectivity index is 2.01. The van der Waals surface area contributed by atoms with Crippen molar-refractivity contribution in [3.8, 4) is 5.75 Å². The molecule has 25 heavy (non-hydrogen) atoms. The minimum Gasteiger partial charge on any atom is -0.496 e. The molecule has 0 amide bonds. The topological polar surface area (TPSA) is 82.3 Å². The first kappa shape index (κ1) is 17.8. The molecular weight excluding hydrogens is 457 g/mol. The van der Waals surface area contributed by atoms with Gasteiger partial charge < -0.3 is 4.74 Å². The molecule has 9 heteroatoms. The van der Waals surface area contributed by atoms with Crippen molar-refractivity contribution >= 4 is 49.3 Å². The molecule has 132 valence electrons. The van der Waals surface area contributed by atoms with Gasteiger partial charge in [-0.2, -0.15) is 0 Å². The SMILES string of the molecule is COc1ccc(S(=O)(=O)Nc2ccc3c(c2)n(C)c(=O)n3C)cc1I. The maximum atomic E-state index is 12.6. The van der Waals surface area contributed by atoms with Crippen LogP contribution in [-0.4, -0.2) is 24.7 Å². The Morgan fingerprint density at radius 1 is 1.04 bits per heavy atom. The van der Waals surface area contributed by atoms with Gasteiger partial charge in [0, 0.05) is 14.1 Å². The lowest BCUT2D eigenvalue weighted by molar-refractivity contribution is 0.411. The molecule has 3 aromatic rings. The quantitative estimate of drug-likeness (QED) is 0.590. The molecule has 0 saturated carbocycles. The fraction of sp³-hybridized carbons (Fsp3) is 0.188. The normalized spacial score (nSPS) is 11.7. The first-order valence-corrected chi connectivity index (χ1v) is 9.82. The number of nitrogens with zero attached hydrogens (tertiary/aromatic N) is 2. The Bertz CT molecular complexity index is 1130. The van der Waals surface area contributed by atoms with E-state index in [9.17, 15) is 13.2 Å². The summed E-state index contributed by atoms with van der Waals surface area (Å²) < 4.78 is 36.6. The Labute approximate surface area is 158 Å². The molecule has 0 bridgehead atoms. The highest BCUT2D eigenvalue weighted by Gasteiger charge is 2.17. The van der Waals surface area contributed by atoms with Crippen LogP contribution in [0.3, 0.4) is 0 Å². The number of benzene rings is 2. The van der Waals surface area contributed by atoms with E-state index < -0.39 is 10.0 Å². The molecule has 1 aromatic heterocycles. The summed E-state index contributed by atoms with van der Waals surface area (Å²) in [5, 5.41) is 0. The van der Waals surface area contributed by atoms with Gasteiger partial charge in [0.25, 0.3) is 10.0 Å². The van der Waals surface area contributed by atoms with Crippen LogP contribution in [0.2, 0.25) is 0 Å². The third-order valence-electron chi connectivity index (χ3n) is 3.96. The highest BCUT2D eigenvalue weighted by molar-refractivity contribution is 14.1. The maximum Gasteiger partial charge on any atom is 0.328 e. The number of hydrogen-bond donors (Lipinski definition) is 1. The number of imidazole rings is 1. The summed E-state index contributed by atoms with van der Waals surface area (Å²) in [7, 11) is 1.10. The number of aromatic nitrogens is 2. The molecular formula is C16H16IN3O4S. The van der Waals surface area contributed by atoms with E-state index in [0.29, 0.717) is 20.5 Å². The molecule has 0 fully saturated rings. The lowest BCUT2D eigenvalue weighted by Gasteiger charge is -2.10. The Morgan fingerprint density at radius 3 is 2.36 bits per heavy atom. The van der Waals surface area contributed by atoms with Crippen LogP contribution in [-0.2, 0) is 24.1 Å². The van der Waals surface area contributed by atoms with E-state index in [1.165, 1.54) is 22.3 Å². The predicted molar refractivity (Wildman–Crippen MR) is 105 cm³/mol. The van der Waals surface area contributed by atoms with E-state index in [1.807, 2.05) is 22.6 Å². The molecule has 0 radical (unpaired) electrons. The van der Waals surface area contributed by atoms with Gasteiger partial charge in [-0.15, -0.1) is 0 Å². The van der Waals surface area contributed by atoms with Crippen LogP contribution in [0.25, 0.3) is 11.0 Å². The molecule has 7 nitrogen and oxygen atoms in total. The van der Waals surface area contributed by atoms with Gasteiger partial charge >= 0.3 is 5.69 Å². The zero-order valence-electron chi connectivity index (χ0n) is 13.8. The lowest BCUT2D eigenvalue weighted by atomic mass is 10.3. The van der Waals surface area contributed by atoms with Gasteiger partial charge in [0.1, 0.15) is 5.75 Å². The van der Waals surface area contributed by atoms with Crippen LogP contribution >= 0.6 is 22.6 Å². The van der Waals surface area contributed by atoms with E-state index in [1.54, 1.807) is 44.4 Å². The van der Waals surface area contributed by atoms with Crippen molar-refractivity contribution in [2.24, 2.45) is 14.1 Å². The molecule has 0 aliphatic carbocycles. The number of nitrogens with one attached hydrogen (secondary N) is 1. The molecule has 0 unspecified atom stereocenters. The third-order valence-corrected chi connectivity index (χ3v) is 6.18. The fourth-order valence-electron chi connectivity index (χ4n) is 2.60. The molecule has 3 rings (SSSR count). The number of methoxy groups -OCH3 is 1. The van der Waals surface area contributed by atoms with Crippen LogP contribution in [0.15, 0.2) is 46.1 Å². The highest BCUT2D eigenvalue weighted by Crippen LogP contribution is 2.26. The molecule has 0 atom stereocenters. The number of hydrogen-bond acceptors (Lipinski definition) is 4. The first-order chi connectivity index (χ1) is 11.7. The van der Waals surface area contributed by atoms with E-state index in [-0.39, 0.29) is 10.6 Å². The maximum absolute atomic E-state index is 12.6. The summed E-state index contributed by atoms with van der Waals surface area (Å²) >= 11 is 2.02. The monoisotopic (exact) mass is 473 g/mol. The van der Waals surface area contributed by atoms with Crippen molar-refractivity contribution in [1.82, 2.24) is 9.13 Å². The number of sulfonamides is 1. The van der Waals surface area contributed by atoms with Gasteiger partial charge in [0.05, 0.1) is 32.3 Å². The van der Waals surface area contributed by atoms with Crippen LogP contribution in [0.1, 0.15) is 0 Å². The molecule has 0 saturated heterocycles. The van der Waals surface area contributed by atoms with Crippen LogP contribution in [0.4, 0.5) is 5.69 Å². The van der Waals surface area contributed by atoms with Gasteiger partial charge in [-0.25, -0.2) is 13.2 Å². The number of rotatable bonds is 4. The average molecular weight is 473 g/mol. The number of halogens is 1. The Morgan fingerprint density at radius 2 is 1.72 bits per heavy atom. The minimum absolute atomic E-state index is 0.139. The van der Waals surface area contributed by atoms with E-state index >= 15 is 0 Å². The first-order valence-electron chi connectivity index (χ1n) is 7.26. The minimum atomic E-state index is -3.75. The summed E-state index contributed by atoms with van der Waals surface area (Å²) in [6.45, 7) is 0. The average Bonchev–Trinajstić information content (AvgIpc) is 2.79. The summed E-state index contributed by atoms with van der Waals surface area (Å²) in [4.78, 5) is 12.1. The second kappa shape index (κ2) is 6.37. The van der Waals surface area contributed by atoms with Crippen LogP contribution in [0.5, 0.6) is 5.75 Å². The van der Waals surface area contributed by atoms with E-state index in [0.717, 1.165) is 5.52 Å². The summed E-state index contributed by atoms with van der Waals surface area (Å²) in [6, 6.07) is 9.63. The number of fused-ring (bicyclic) bond motifs is 1. The van der Waals surface area contributed by atoms with Crippen LogP contribution in [0, 0.1) is 3.57 Å². The van der Waals surface area contributed by atoms with Crippen molar-refractivity contribution in [3.05, 3.63) is 50.5 Å². The van der Waals surface area contributed by atoms with Crippen molar-refractivity contribution < 1.29 is 13.2 Å². The molecule has 0 aliphatic heterocycles. The highest BCUT2D eigenvalue weighted by atomic mass is 127. The van der Waals surface area contributed by atoms with Crippen molar-refractivity contribution in [1.29, 1.82) is 0 Å². The summed E-state index contributed by atoms with van der Waals surface area (Å²) in [5.74, 6) is 0.611. The molecule has 1 N–H and O–H groups in total. The zero-order chi connectivity index (χ0) is 18.4. The number of anilines is 1. The molecule has 2 aromatic carbocycles. The second-order valence-electron chi connectivity index (χ2n) is 5.51. The third kappa shape index (κ3) is 3.13. The van der Waals surface area contributed by atoms with Gasteiger partial charge in [0.2, 0.25) is 0 Å². The second-order valence-corrected chi connectivity index (χ2v) is 8.35. The lowest BCUT2D eigenvalue weighted by Crippen LogP contribution is -2.19. The van der Waals surface area contributed by atoms with Crippen molar-refractivity contribution in [2.45, 2.75) is 4.90 Å². The van der Waals surface area contributed by atoms with Crippen molar-refractivity contribution in [2.75, 3.05) is 11.8 Å². The predicted octanol–water partition coefficient (Wildman–Crippen LogP) is 2.29. The van der Waals surface area contributed by atoms with Gasteiger partial charge in [-0.05, 0) is 59.0 Å². The molecule has 0 spiro atoms. The fourth-order valence-corrected chi connectivity index (χ4v) is 4.62.